The van der Waals surface area contributed by atoms with E-state index in [0.717, 1.165) is 17.0 Å². The summed E-state index contributed by atoms with van der Waals surface area (Å²) in [5.41, 5.74) is 0.352. The lowest BCUT2D eigenvalue weighted by Gasteiger charge is -2.15. The second kappa shape index (κ2) is 7.30. The van der Waals surface area contributed by atoms with Crippen molar-refractivity contribution in [1.82, 2.24) is 4.98 Å². The molecule has 5 rings (SSSR count). The average molecular weight is 452 g/mol. The third-order valence-electron chi connectivity index (χ3n) is 5.00. The third kappa shape index (κ3) is 3.61. The number of hydrogen-bond acceptors (Lipinski definition) is 6. The zero-order valence-corrected chi connectivity index (χ0v) is 16.4. The van der Waals surface area contributed by atoms with Crippen molar-refractivity contribution in [2.45, 2.75) is 6.36 Å². The van der Waals surface area contributed by atoms with Gasteiger partial charge in [-0.2, -0.15) is 0 Å². The number of amides is 2. The molecule has 0 N–H and O–H groups in total. The quantitative estimate of drug-likeness (QED) is 0.424. The van der Waals surface area contributed by atoms with Gasteiger partial charge in [0.1, 0.15) is 5.75 Å². The summed E-state index contributed by atoms with van der Waals surface area (Å²) in [6, 6.07) is 15.3. The first kappa shape index (κ1) is 20.4. The van der Waals surface area contributed by atoms with Crippen LogP contribution in [0.2, 0.25) is 0 Å². The van der Waals surface area contributed by atoms with Gasteiger partial charge in [0.25, 0.3) is 11.8 Å². The van der Waals surface area contributed by atoms with Gasteiger partial charge in [0, 0.05) is 5.56 Å². The third-order valence-corrected chi connectivity index (χ3v) is 5.00. The number of ether oxygens (including phenoxy) is 1. The lowest BCUT2D eigenvalue weighted by atomic mass is 10.1. The topological polar surface area (TPSA) is 89.7 Å². The molecule has 2 heterocycles. The number of aromatic nitrogens is 1. The van der Waals surface area contributed by atoms with Crippen molar-refractivity contribution in [3.8, 4) is 17.2 Å². The number of imide groups is 1. The van der Waals surface area contributed by atoms with E-state index in [9.17, 15) is 27.6 Å². The summed E-state index contributed by atoms with van der Waals surface area (Å²) in [5, 5.41) is 0.304. The number of para-hydroxylation sites is 1. The smallest absolute Gasteiger partial charge is 0.406 e. The summed E-state index contributed by atoms with van der Waals surface area (Å²) in [7, 11) is 0. The van der Waals surface area contributed by atoms with Crippen molar-refractivity contribution < 1.29 is 31.9 Å². The second-order valence-corrected chi connectivity index (χ2v) is 7.07. The van der Waals surface area contributed by atoms with Crippen molar-refractivity contribution in [2.24, 2.45) is 0 Å². The van der Waals surface area contributed by atoms with Crippen LogP contribution in [0.25, 0.3) is 22.4 Å². The maximum Gasteiger partial charge on any atom is 0.573 e. The van der Waals surface area contributed by atoms with Crippen LogP contribution in [0.4, 0.5) is 18.9 Å². The molecule has 0 atom stereocenters. The first-order valence-electron chi connectivity index (χ1n) is 9.50. The van der Waals surface area contributed by atoms with Crippen LogP contribution in [-0.2, 0) is 0 Å². The number of halogens is 3. The molecular formula is C23H11F3N2O5. The van der Waals surface area contributed by atoms with Gasteiger partial charge < -0.3 is 9.15 Å². The number of rotatable bonds is 3. The van der Waals surface area contributed by atoms with E-state index in [4.69, 9.17) is 4.42 Å². The fourth-order valence-corrected chi connectivity index (χ4v) is 3.55. The number of fused-ring (bicyclic) bond motifs is 2. The maximum absolute atomic E-state index is 13.0. The van der Waals surface area contributed by atoms with Crippen molar-refractivity contribution in [2.75, 3.05) is 4.90 Å². The molecule has 2 amide bonds. The van der Waals surface area contributed by atoms with Gasteiger partial charge in [-0.3, -0.25) is 9.59 Å². The molecule has 3 aromatic carbocycles. The highest BCUT2D eigenvalue weighted by atomic mass is 19.4. The first-order chi connectivity index (χ1) is 15.7. The fourth-order valence-electron chi connectivity index (χ4n) is 3.55. The monoisotopic (exact) mass is 452 g/mol. The van der Waals surface area contributed by atoms with Gasteiger partial charge in [-0.25, -0.2) is 14.7 Å². The summed E-state index contributed by atoms with van der Waals surface area (Å²) in [5.74, 6) is -1.82. The molecule has 1 aliphatic rings. The SMILES string of the molecule is O=C1c2ccc(-c3nc4ccccc4c(=O)o3)cc2C(=O)N1c1ccc(OC(F)(F)F)cc1. The molecule has 0 radical (unpaired) electrons. The molecule has 164 valence electrons. The van der Waals surface area contributed by atoms with E-state index >= 15 is 0 Å². The highest BCUT2D eigenvalue weighted by Crippen LogP contribution is 2.33. The molecule has 10 heteroatoms. The molecule has 0 aliphatic carbocycles. The Morgan fingerprint density at radius 2 is 1.55 bits per heavy atom. The average Bonchev–Trinajstić information content (AvgIpc) is 3.03. The van der Waals surface area contributed by atoms with Crippen molar-refractivity contribution in [3.63, 3.8) is 0 Å². The molecular weight excluding hydrogens is 441 g/mol. The Hall–Kier alpha value is -4.47. The fraction of sp³-hybridized carbons (Fsp3) is 0.0435. The molecule has 0 saturated heterocycles. The van der Waals surface area contributed by atoms with Gasteiger partial charge in [0.15, 0.2) is 0 Å². The Balaban J connectivity index is 1.50. The summed E-state index contributed by atoms with van der Waals surface area (Å²) in [6.07, 6.45) is -4.86. The highest BCUT2D eigenvalue weighted by molar-refractivity contribution is 6.34. The Kier molecular flexibility index (Phi) is 4.52. The number of hydrogen-bond donors (Lipinski definition) is 0. The van der Waals surface area contributed by atoms with Crippen molar-refractivity contribution in [1.29, 1.82) is 0 Å². The zero-order valence-electron chi connectivity index (χ0n) is 16.4. The molecule has 7 nitrogen and oxygen atoms in total. The molecule has 1 aliphatic heterocycles. The first-order valence-corrected chi connectivity index (χ1v) is 9.50. The van der Waals surface area contributed by atoms with Crippen molar-refractivity contribution in [3.05, 3.63) is 88.3 Å². The van der Waals surface area contributed by atoms with Crippen LogP contribution in [0.3, 0.4) is 0 Å². The standard InChI is InChI=1S/C23H11F3N2O5/c24-23(25,26)33-14-8-6-13(7-9-14)28-20(29)15-10-5-12(11-17(15)21(28)30)19-27-18-4-2-1-3-16(18)22(31)32-19/h1-11H. The summed E-state index contributed by atoms with van der Waals surface area (Å²) in [6.45, 7) is 0. The van der Waals surface area contributed by atoms with E-state index in [1.807, 2.05) is 0 Å². The minimum Gasteiger partial charge on any atom is -0.406 e. The van der Waals surface area contributed by atoms with Gasteiger partial charge in [0.05, 0.1) is 27.7 Å². The molecule has 0 unspecified atom stereocenters. The van der Waals surface area contributed by atoms with E-state index in [1.165, 1.54) is 30.3 Å². The van der Waals surface area contributed by atoms with Crippen LogP contribution in [0.15, 0.2) is 75.9 Å². The van der Waals surface area contributed by atoms with Gasteiger partial charge in [-0.05, 0) is 54.6 Å². The van der Waals surface area contributed by atoms with E-state index in [2.05, 4.69) is 9.72 Å². The predicted octanol–water partition coefficient (Wildman–Crippen LogP) is 4.55. The van der Waals surface area contributed by atoms with Crippen LogP contribution in [-0.4, -0.2) is 23.2 Å². The highest BCUT2D eigenvalue weighted by Gasteiger charge is 2.37. The molecule has 4 aromatic rings. The van der Waals surface area contributed by atoms with Gasteiger partial charge >= 0.3 is 12.0 Å². The van der Waals surface area contributed by atoms with Gasteiger partial charge in [-0.1, -0.05) is 12.1 Å². The summed E-state index contributed by atoms with van der Waals surface area (Å²) >= 11 is 0. The van der Waals surface area contributed by atoms with E-state index < -0.39 is 29.6 Å². The zero-order chi connectivity index (χ0) is 23.3. The minimum absolute atomic E-state index is 0.0196. The van der Waals surface area contributed by atoms with E-state index in [1.54, 1.807) is 24.3 Å². The van der Waals surface area contributed by atoms with Crippen LogP contribution < -0.4 is 15.3 Å². The number of alkyl halides is 3. The lowest BCUT2D eigenvalue weighted by molar-refractivity contribution is -0.274. The largest absolute Gasteiger partial charge is 0.573 e. The van der Waals surface area contributed by atoms with Crippen LogP contribution >= 0.6 is 0 Å². The number of carbonyl (C=O) groups excluding carboxylic acids is 2. The molecule has 0 bridgehead atoms. The Labute approximate surface area is 182 Å². The van der Waals surface area contributed by atoms with E-state index in [-0.39, 0.29) is 22.7 Å². The Bertz CT molecular complexity index is 1490. The summed E-state index contributed by atoms with van der Waals surface area (Å²) in [4.78, 5) is 43.2. The number of nitrogens with zero attached hydrogens (tertiary/aromatic N) is 2. The van der Waals surface area contributed by atoms with Crippen LogP contribution in [0.5, 0.6) is 5.75 Å². The Morgan fingerprint density at radius 1 is 0.848 bits per heavy atom. The molecule has 0 spiro atoms. The van der Waals surface area contributed by atoms with Gasteiger partial charge in [0.2, 0.25) is 5.89 Å². The maximum atomic E-state index is 13.0. The normalized spacial score (nSPS) is 13.5. The predicted molar refractivity (Wildman–Crippen MR) is 110 cm³/mol. The molecule has 0 fully saturated rings. The van der Waals surface area contributed by atoms with Crippen molar-refractivity contribution >= 4 is 28.4 Å². The molecule has 1 aromatic heterocycles. The minimum atomic E-state index is -4.86. The molecule has 33 heavy (non-hydrogen) atoms. The Morgan fingerprint density at radius 3 is 2.27 bits per heavy atom. The summed E-state index contributed by atoms with van der Waals surface area (Å²) < 4.78 is 46.2. The number of carbonyl (C=O) groups is 2. The number of benzene rings is 3. The lowest BCUT2D eigenvalue weighted by Crippen LogP contribution is -2.29. The van der Waals surface area contributed by atoms with E-state index in [0.29, 0.717) is 16.5 Å². The van der Waals surface area contributed by atoms with Gasteiger partial charge in [-0.15, -0.1) is 13.2 Å². The number of anilines is 1. The van der Waals surface area contributed by atoms with Crippen LogP contribution in [0.1, 0.15) is 20.7 Å². The second-order valence-electron chi connectivity index (χ2n) is 7.07. The van der Waals surface area contributed by atoms with Crippen LogP contribution in [0, 0.1) is 0 Å². The molecule has 0 saturated carbocycles.